The first-order chi connectivity index (χ1) is 15.9. The Labute approximate surface area is 194 Å². The molecular weight excluding hydrogens is 416 g/mol. The van der Waals surface area contributed by atoms with Gasteiger partial charge in [-0.15, -0.1) is 0 Å². The van der Waals surface area contributed by atoms with E-state index in [1.54, 1.807) is 24.3 Å². The molecule has 1 fully saturated rings. The van der Waals surface area contributed by atoms with Gasteiger partial charge in [-0.25, -0.2) is 0 Å². The number of nitrogens with one attached hydrogen (secondary N) is 2. The van der Waals surface area contributed by atoms with E-state index in [1.807, 2.05) is 38.1 Å². The van der Waals surface area contributed by atoms with Crippen LogP contribution in [0.3, 0.4) is 0 Å². The second kappa shape index (κ2) is 9.48. The van der Waals surface area contributed by atoms with Crippen LogP contribution in [0, 0.1) is 5.41 Å². The number of H-pyrrole nitrogens is 1. The zero-order valence-corrected chi connectivity index (χ0v) is 19.3. The molecule has 1 atom stereocenters. The number of aromatic nitrogens is 2. The molecule has 0 bridgehead atoms. The first kappa shape index (κ1) is 22.6. The minimum atomic E-state index is -0.675. The second-order valence-corrected chi connectivity index (χ2v) is 8.93. The fraction of sp³-hybridized carbons (Fsp3) is 0.346. The molecule has 0 radical (unpaired) electrons. The lowest BCUT2D eigenvalue weighted by Gasteiger charge is -2.29. The quantitative estimate of drug-likeness (QED) is 0.580. The van der Waals surface area contributed by atoms with Crippen molar-refractivity contribution in [3.63, 3.8) is 0 Å². The van der Waals surface area contributed by atoms with Gasteiger partial charge < -0.3 is 15.0 Å². The molecule has 2 heterocycles. The van der Waals surface area contributed by atoms with Crippen molar-refractivity contribution in [3.8, 4) is 16.9 Å². The highest BCUT2D eigenvalue weighted by molar-refractivity contribution is 5.93. The number of carbonyl (C=O) groups is 2. The Bertz CT molecular complexity index is 1110. The van der Waals surface area contributed by atoms with Gasteiger partial charge in [0.15, 0.2) is 0 Å². The molecule has 2 N–H and O–H groups in total. The third kappa shape index (κ3) is 4.77. The molecule has 1 aliphatic rings. The van der Waals surface area contributed by atoms with E-state index in [1.165, 1.54) is 0 Å². The number of methoxy groups -OCH3 is 1. The molecule has 1 saturated heterocycles. The molecule has 4 rings (SSSR count). The van der Waals surface area contributed by atoms with Gasteiger partial charge in [0.1, 0.15) is 11.4 Å². The highest BCUT2D eigenvalue weighted by Gasteiger charge is 2.46. The number of para-hydroxylation sites is 1. The third-order valence-corrected chi connectivity index (χ3v) is 6.19. The highest BCUT2D eigenvalue weighted by atomic mass is 16.5. The summed E-state index contributed by atoms with van der Waals surface area (Å²) < 4.78 is 5.49. The van der Waals surface area contributed by atoms with Crippen molar-refractivity contribution < 1.29 is 14.3 Å². The molecule has 33 heavy (non-hydrogen) atoms. The molecule has 1 aliphatic heterocycles. The van der Waals surface area contributed by atoms with Crippen molar-refractivity contribution in [1.82, 2.24) is 20.4 Å². The summed E-state index contributed by atoms with van der Waals surface area (Å²) in [5.74, 6) is 0.686. The number of benzene rings is 2. The van der Waals surface area contributed by atoms with E-state index in [4.69, 9.17) is 4.74 Å². The number of nitrogens with zero attached hydrogens (tertiary/aromatic N) is 2. The van der Waals surface area contributed by atoms with E-state index in [-0.39, 0.29) is 17.9 Å². The average Bonchev–Trinajstić information content (AvgIpc) is 3.50. The van der Waals surface area contributed by atoms with E-state index in [9.17, 15) is 9.59 Å². The second-order valence-electron chi connectivity index (χ2n) is 8.93. The van der Waals surface area contributed by atoms with E-state index in [0.717, 1.165) is 22.4 Å². The third-order valence-electron chi connectivity index (χ3n) is 6.19. The van der Waals surface area contributed by atoms with Gasteiger partial charge in [-0.1, -0.05) is 42.5 Å². The smallest absolute Gasteiger partial charge is 0.271 e. The van der Waals surface area contributed by atoms with Crippen molar-refractivity contribution in [1.29, 1.82) is 0 Å². The fourth-order valence-electron chi connectivity index (χ4n) is 4.49. The van der Waals surface area contributed by atoms with Crippen LogP contribution < -0.4 is 10.1 Å². The molecule has 7 nitrogen and oxygen atoms in total. The molecule has 0 spiro atoms. The molecule has 3 aromatic rings. The van der Waals surface area contributed by atoms with Gasteiger partial charge in [0.2, 0.25) is 5.91 Å². The minimum Gasteiger partial charge on any atom is -0.496 e. The maximum atomic E-state index is 13.3. The lowest BCUT2D eigenvalue weighted by Crippen LogP contribution is -2.47. The summed E-state index contributed by atoms with van der Waals surface area (Å²) in [5, 5.41) is 9.69. The van der Waals surface area contributed by atoms with Gasteiger partial charge in [0.05, 0.1) is 12.5 Å². The predicted molar refractivity (Wildman–Crippen MR) is 127 cm³/mol. The van der Waals surface area contributed by atoms with Crippen molar-refractivity contribution >= 4 is 11.8 Å². The lowest BCUT2D eigenvalue weighted by atomic mass is 9.79. The monoisotopic (exact) mass is 446 g/mol. The molecule has 172 valence electrons. The van der Waals surface area contributed by atoms with Gasteiger partial charge in [-0.3, -0.25) is 14.7 Å². The van der Waals surface area contributed by atoms with Gasteiger partial charge in [0.25, 0.3) is 5.91 Å². The molecule has 2 aromatic carbocycles. The van der Waals surface area contributed by atoms with Crippen LogP contribution in [-0.4, -0.2) is 53.2 Å². The number of hydrogen-bond acceptors (Lipinski definition) is 4. The van der Waals surface area contributed by atoms with Crippen molar-refractivity contribution in [2.75, 3.05) is 20.2 Å². The normalized spacial score (nSPS) is 17.9. The molecule has 0 unspecified atom stereocenters. The fourth-order valence-corrected chi connectivity index (χ4v) is 4.49. The van der Waals surface area contributed by atoms with Crippen LogP contribution in [0.15, 0.2) is 60.8 Å². The van der Waals surface area contributed by atoms with Crippen LogP contribution in [0.4, 0.5) is 0 Å². The zero-order valence-electron chi connectivity index (χ0n) is 19.3. The number of amides is 2. The molecule has 0 aliphatic carbocycles. The summed E-state index contributed by atoms with van der Waals surface area (Å²) in [7, 11) is 1.67. The summed E-state index contributed by atoms with van der Waals surface area (Å²) >= 11 is 0. The Morgan fingerprint density at radius 1 is 1.15 bits per heavy atom. The molecule has 1 aromatic heterocycles. The number of likely N-dealkylation sites (tertiary alicyclic amines) is 1. The first-order valence-corrected chi connectivity index (χ1v) is 11.2. The Kier molecular flexibility index (Phi) is 6.49. The van der Waals surface area contributed by atoms with Gasteiger partial charge >= 0.3 is 0 Å². The lowest BCUT2D eigenvalue weighted by molar-refractivity contribution is -0.130. The van der Waals surface area contributed by atoms with Crippen LogP contribution >= 0.6 is 0 Å². The van der Waals surface area contributed by atoms with Gasteiger partial charge in [0, 0.05) is 30.9 Å². The maximum Gasteiger partial charge on any atom is 0.271 e. The number of carbonyl (C=O) groups excluding carboxylic acids is 2. The summed E-state index contributed by atoms with van der Waals surface area (Å²) in [6.07, 6.45) is 2.73. The Morgan fingerprint density at radius 3 is 2.58 bits per heavy atom. The molecule has 0 saturated carbocycles. The van der Waals surface area contributed by atoms with E-state index >= 15 is 0 Å². The van der Waals surface area contributed by atoms with Crippen LogP contribution in [0.25, 0.3) is 11.1 Å². The van der Waals surface area contributed by atoms with Gasteiger partial charge in [-0.05, 0) is 49.9 Å². The van der Waals surface area contributed by atoms with Crippen molar-refractivity contribution in [2.45, 2.75) is 32.7 Å². The van der Waals surface area contributed by atoms with Crippen molar-refractivity contribution in [3.05, 3.63) is 72.1 Å². The summed E-state index contributed by atoms with van der Waals surface area (Å²) in [4.78, 5) is 27.9. The van der Waals surface area contributed by atoms with E-state index in [2.05, 4.69) is 39.8 Å². The number of hydrogen-bond donors (Lipinski definition) is 2. The Balaban J connectivity index is 1.57. The zero-order chi connectivity index (χ0) is 23.4. The topological polar surface area (TPSA) is 87.3 Å². The van der Waals surface area contributed by atoms with Crippen LogP contribution in [0.5, 0.6) is 5.75 Å². The predicted octanol–water partition coefficient (Wildman–Crippen LogP) is 3.68. The number of rotatable bonds is 7. The highest BCUT2D eigenvalue weighted by Crippen LogP contribution is 2.36. The molecule has 7 heteroatoms. The Hall–Kier alpha value is -3.61. The molecule has 2 amide bonds. The Morgan fingerprint density at radius 2 is 1.91 bits per heavy atom. The van der Waals surface area contributed by atoms with Crippen LogP contribution in [0.1, 0.15) is 36.3 Å². The van der Waals surface area contributed by atoms with Crippen molar-refractivity contribution in [2.24, 2.45) is 5.41 Å². The summed E-state index contributed by atoms with van der Waals surface area (Å²) in [6, 6.07) is 17.8. The summed E-state index contributed by atoms with van der Waals surface area (Å²) in [6.45, 7) is 4.81. The van der Waals surface area contributed by atoms with Gasteiger partial charge in [-0.2, -0.15) is 5.10 Å². The number of aromatic amines is 1. The van der Waals surface area contributed by atoms with E-state index in [0.29, 0.717) is 31.6 Å². The SMILES string of the molecule is COc1ccccc1-c1ccc(C[C@]2(C(=O)NC(C)C)CCN(C(=O)c3ccn[nH]3)C2)cc1. The first-order valence-electron chi connectivity index (χ1n) is 11.2. The largest absolute Gasteiger partial charge is 0.496 e. The average molecular weight is 447 g/mol. The maximum absolute atomic E-state index is 13.3. The van der Waals surface area contributed by atoms with Crippen LogP contribution in [0.2, 0.25) is 0 Å². The summed E-state index contributed by atoms with van der Waals surface area (Å²) in [5.41, 5.74) is 2.90. The van der Waals surface area contributed by atoms with E-state index < -0.39 is 5.41 Å². The standard InChI is InChI=1S/C26H30N4O3/c1-18(2)28-25(32)26(13-15-30(17-26)24(31)22-12-14-27-29-22)16-19-8-10-20(11-9-19)21-6-4-5-7-23(21)33-3/h4-12,14,18H,13,15-17H2,1-3H3,(H,27,29)(H,28,32)/t26-/m1/s1. The van der Waals surface area contributed by atoms with Crippen LogP contribution in [-0.2, 0) is 11.2 Å². The molecular formula is C26H30N4O3. The number of ether oxygens (including phenoxy) is 1. The minimum absolute atomic E-state index is 0.00813.